The highest BCUT2D eigenvalue weighted by Crippen LogP contribution is 2.16. The van der Waals surface area contributed by atoms with E-state index in [0.29, 0.717) is 11.5 Å². The molecule has 28 heavy (non-hydrogen) atoms. The van der Waals surface area contributed by atoms with Gasteiger partial charge in [-0.25, -0.2) is 9.97 Å². The zero-order chi connectivity index (χ0) is 19.9. The molecule has 5 nitrogen and oxygen atoms in total. The van der Waals surface area contributed by atoms with Crippen LogP contribution in [0.15, 0.2) is 60.7 Å². The highest BCUT2D eigenvalue weighted by Gasteiger charge is 2.11. The maximum absolute atomic E-state index is 12.6. The molecular weight excluding hydrogens is 348 g/mol. The summed E-state index contributed by atoms with van der Waals surface area (Å²) in [6.45, 7) is 5.90. The van der Waals surface area contributed by atoms with Gasteiger partial charge >= 0.3 is 0 Å². The second-order valence-electron chi connectivity index (χ2n) is 7.08. The van der Waals surface area contributed by atoms with E-state index in [-0.39, 0.29) is 11.9 Å². The largest absolute Gasteiger partial charge is 0.350 e. The van der Waals surface area contributed by atoms with Crippen molar-refractivity contribution in [2.24, 2.45) is 0 Å². The van der Waals surface area contributed by atoms with Crippen molar-refractivity contribution in [1.82, 2.24) is 15.3 Å². The van der Waals surface area contributed by atoms with Crippen molar-refractivity contribution < 1.29 is 4.79 Å². The summed E-state index contributed by atoms with van der Waals surface area (Å²) >= 11 is 0. The third-order valence-corrected chi connectivity index (χ3v) is 4.45. The van der Waals surface area contributed by atoms with Crippen molar-refractivity contribution >= 4 is 17.5 Å². The van der Waals surface area contributed by atoms with Gasteiger partial charge in [-0.15, -0.1) is 0 Å². The van der Waals surface area contributed by atoms with Crippen LogP contribution in [0.25, 0.3) is 0 Å². The van der Waals surface area contributed by atoms with Crippen LogP contribution in [0.1, 0.15) is 40.7 Å². The molecule has 2 N–H and O–H groups in total. The van der Waals surface area contributed by atoms with Crippen molar-refractivity contribution in [3.63, 3.8) is 0 Å². The predicted octanol–water partition coefficient (Wildman–Crippen LogP) is 4.59. The fourth-order valence-electron chi connectivity index (χ4n) is 3.06. The van der Waals surface area contributed by atoms with E-state index in [1.807, 2.05) is 69.3 Å². The Bertz CT molecular complexity index is 920. The molecule has 0 aliphatic heterocycles. The Balaban J connectivity index is 1.60. The van der Waals surface area contributed by atoms with Crippen molar-refractivity contribution in [2.75, 3.05) is 5.32 Å². The van der Waals surface area contributed by atoms with Crippen LogP contribution < -0.4 is 10.6 Å². The maximum Gasteiger partial charge on any atom is 0.251 e. The predicted molar refractivity (Wildman–Crippen MR) is 113 cm³/mol. The van der Waals surface area contributed by atoms with E-state index in [1.54, 1.807) is 0 Å². The molecule has 3 rings (SSSR count). The molecule has 1 amide bonds. The van der Waals surface area contributed by atoms with Crippen molar-refractivity contribution in [3.8, 4) is 0 Å². The second kappa shape index (κ2) is 9.13. The van der Waals surface area contributed by atoms with Crippen LogP contribution in [0, 0.1) is 13.8 Å². The number of hydrogen-bond donors (Lipinski definition) is 2. The number of carbonyl (C=O) groups excluding carboxylic acids is 1. The van der Waals surface area contributed by atoms with Crippen LogP contribution in [-0.2, 0) is 6.42 Å². The lowest BCUT2D eigenvalue weighted by molar-refractivity contribution is 0.0938. The molecule has 0 aliphatic rings. The molecule has 1 aromatic heterocycles. The first-order valence-corrected chi connectivity index (χ1v) is 9.54. The van der Waals surface area contributed by atoms with Gasteiger partial charge in [-0.1, -0.05) is 36.4 Å². The topological polar surface area (TPSA) is 66.9 Å². The fraction of sp³-hybridized carbons (Fsp3) is 0.261. The lowest BCUT2D eigenvalue weighted by Gasteiger charge is -2.14. The number of nitrogens with one attached hydrogen (secondary N) is 2. The van der Waals surface area contributed by atoms with Gasteiger partial charge in [-0.3, -0.25) is 4.79 Å². The number of nitrogens with zero attached hydrogens (tertiary/aromatic N) is 2. The first-order valence-electron chi connectivity index (χ1n) is 9.54. The minimum atomic E-state index is -0.0782. The lowest BCUT2D eigenvalue weighted by Crippen LogP contribution is -2.32. The highest BCUT2D eigenvalue weighted by molar-refractivity contribution is 5.95. The Hall–Kier alpha value is -3.21. The molecule has 1 unspecified atom stereocenters. The van der Waals surface area contributed by atoms with Crippen LogP contribution in [0.2, 0.25) is 0 Å². The molecule has 0 aliphatic carbocycles. The fourth-order valence-corrected chi connectivity index (χ4v) is 3.06. The van der Waals surface area contributed by atoms with Gasteiger partial charge in [0.1, 0.15) is 0 Å². The Kier molecular flexibility index (Phi) is 6.37. The van der Waals surface area contributed by atoms with Gasteiger partial charge in [0.05, 0.1) is 0 Å². The smallest absolute Gasteiger partial charge is 0.251 e. The van der Waals surface area contributed by atoms with Crippen LogP contribution in [0.4, 0.5) is 11.6 Å². The number of aromatic nitrogens is 2. The third kappa shape index (κ3) is 5.64. The number of rotatable bonds is 7. The summed E-state index contributed by atoms with van der Waals surface area (Å²) in [5.74, 6) is 0.455. The van der Waals surface area contributed by atoms with Crippen LogP contribution in [0.3, 0.4) is 0 Å². The summed E-state index contributed by atoms with van der Waals surface area (Å²) in [5.41, 5.74) is 4.48. The summed E-state index contributed by atoms with van der Waals surface area (Å²) in [7, 11) is 0. The van der Waals surface area contributed by atoms with Crippen LogP contribution in [0.5, 0.6) is 0 Å². The minimum absolute atomic E-state index is 0.0782. The van der Waals surface area contributed by atoms with E-state index in [4.69, 9.17) is 0 Å². The van der Waals surface area contributed by atoms with E-state index in [0.717, 1.165) is 29.9 Å². The van der Waals surface area contributed by atoms with E-state index < -0.39 is 0 Å². The molecule has 0 radical (unpaired) electrons. The minimum Gasteiger partial charge on any atom is -0.350 e. The summed E-state index contributed by atoms with van der Waals surface area (Å²) in [6.07, 6.45) is 1.83. The monoisotopic (exact) mass is 374 g/mol. The number of aryl methyl sites for hydroxylation is 3. The van der Waals surface area contributed by atoms with Gasteiger partial charge in [-0.2, -0.15) is 0 Å². The molecule has 0 saturated heterocycles. The molecular formula is C23H26N4O. The summed E-state index contributed by atoms with van der Waals surface area (Å²) in [5, 5.41) is 6.26. The normalized spacial score (nSPS) is 11.7. The molecule has 1 heterocycles. The van der Waals surface area contributed by atoms with E-state index >= 15 is 0 Å². The number of anilines is 2. The molecule has 5 heteroatoms. The number of benzene rings is 2. The first-order chi connectivity index (χ1) is 13.5. The maximum atomic E-state index is 12.6. The van der Waals surface area contributed by atoms with Crippen molar-refractivity contribution in [2.45, 2.75) is 39.7 Å². The molecule has 3 aromatic rings. The second-order valence-corrected chi connectivity index (χ2v) is 7.08. The van der Waals surface area contributed by atoms with Gasteiger partial charge < -0.3 is 10.6 Å². The molecule has 0 fully saturated rings. The Morgan fingerprint density at radius 3 is 2.39 bits per heavy atom. The summed E-state index contributed by atoms with van der Waals surface area (Å²) in [4.78, 5) is 21.4. The Labute approximate surface area is 166 Å². The third-order valence-electron chi connectivity index (χ3n) is 4.45. The zero-order valence-electron chi connectivity index (χ0n) is 16.6. The molecule has 0 saturated carbocycles. The van der Waals surface area contributed by atoms with Crippen molar-refractivity contribution in [3.05, 3.63) is 83.2 Å². The molecule has 1 atom stereocenters. The quantitative estimate of drug-likeness (QED) is 0.635. The molecule has 2 aromatic carbocycles. The molecule has 0 bridgehead atoms. The molecule has 144 valence electrons. The molecule has 0 spiro atoms. The summed E-state index contributed by atoms with van der Waals surface area (Å²) < 4.78 is 0. The van der Waals surface area contributed by atoms with Crippen molar-refractivity contribution in [1.29, 1.82) is 0 Å². The van der Waals surface area contributed by atoms with Gasteiger partial charge in [0.2, 0.25) is 5.95 Å². The Morgan fingerprint density at radius 2 is 1.68 bits per heavy atom. The number of carbonyl (C=O) groups is 1. The number of amides is 1. The highest BCUT2D eigenvalue weighted by atomic mass is 16.1. The SMILES string of the molecule is Cc1cc(C)nc(Nc2cccc(C(=O)NC(C)CCc3ccccc3)c2)n1. The van der Waals surface area contributed by atoms with Crippen LogP contribution in [-0.4, -0.2) is 21.9 Å². The Morgan fingerprint density at radius 1 is 0.964 bits per heavy atom. The first kappa shape index (κ1) is 19.5. The van der Waals surface area contributed by atoms with E-state index in [2.05, 4.69) is 32.7 Å². The van der Waals surface area contributed by atoms with E-state index in [1.165, 1.54) is 5.56 Å². The number of hydrogen-bond acceptors (Lipinski definition) is 4. The standard InChI is InChI=1S/C23H26N4O/c1-16(12-13-19-8-5-4-6-9-19)24-22(28)20-10-7-11-21(15-20)27-23-25-17(2)14-18(3)26-23/h4-11,14-16H,12-13H2,1-3H3,(H,24,28)(H,25,26,27). The lowest BCUT2D eigenvalue weighted by atomic mass is 10.1. The zero-order valence-corrected chi connectivity index (χ0v) is 16.6. The summed E-state index contributed by atoms with van der Waals surface area (Å²) in [6, 6.07) is 19.7. The van der Waals surface area contributed by atoms with Gasteiger partial charge in [-0.05, 0) is 63.4 Å². The van der Waals surface area contributed by atoms with Gasteiger partial charge in [0.15, 0.2) is 0 Å². The van der Waals surface area contributed by atoms with E-state index in [9.17, 15) is 4.79 Å². The van der Waals surface area contributed by atoms with Gasteiger partial charge in [0.25, 0.3) is 5.91 Å². The van der Waals surface area contributed by atoms with Gasteiger partial charge in [0, 0.05) is 28.7 Å². The average Bonchev–Trinajstić information content (AvgIpc) is 2.66. The van der Waals surface area contributed by atoms with Crippen LogP contribution >= 0.6 is 0 Å². The average molecular weight is 374 g/mol.